The molecule has 0 aromatic rings. The third-order valence-electron chi connectivity index (χ3n) is 13.8. The van der Waals surface area contributed by atoms with Gasteiger partial charge in [-0.25, -0.2) is 0 Å². The molecular formula is C75H122O6. The van der Waals surface area contributed by atoms with Crippen molar-refractivity contribution in [1.29, 1.82) is 0 Å². The molecule has 0 saturated carbocycles. The molecule has 458 valence electrons. The molecule has 0 bridgehead atoms. The molecule has 0 heterocycles. The molecule has 0 aromatic carbocycles. The number of hydrogen-bond acceptors (Lipinski definition) is 6. The molecular weight excluding hydrogens is 997 g/mol. The number of allylic oxidation sites excluding steroid dienone is 24. The Labute approximate surface area is 499 Å². The Kier molecular flexibility index (Phi) is 63.9. The molecule has 0 spiro atoms. The zero-order valence-corrected chi connectivity index (χ0v) is 52.5. The van der Waals surface area contributed by atoms with Gasteiger partial charge in [-0.05, 0) is 148 Å². The first kappa shape index (κ1) is 76.3. The number of hydrogen-bond donors (Lipinski definition) is 0. The highest BCUT2D eigenvalue weighted by atomic mass is 16.6. The molecule has 0 radical (unpaired) electrons. The van der Waals surface area contributed by atoms with Gasteiger partial charge in [-0.2, -0.15) is 0 Å². The molecule has 0 N–H and O–H groups in total. The molecule has 1 atom stereocenters. The Bertz CT molecular complexity index is 1760. The number of carbonyl (C=O) groups excluding carboxylic acids is 3. The van der Waals surface area contributed by atoms with Gasteiger partial charge in [0, 0.05) is 19.3 Å². The Hall–Kier alpha value is -4.71. The van der Waals surface area contributed by atoms with Crippen LogP contribution in [0.15, 0.2) is 146 Å². The third-order valence-corrected chi connectivity index (χ3v) is 13.8. The van der Waals surface area contributed by atoms with Crippen molar-refractivity contribution in [2.75, 3.05) is 13.2 Å². The molecule has 0 aliphatic heterocycles. The molecule has 0 amide bonds. The van der Waals surface area contributed by atoms with Crippen LogP contribution in [0.25, 0.3) is 0 Å². The molecule has 6 heteroatoms. The Morgan fingerprint density at radius 3 is 0.778 bits per heavy atom. The lowest BCUT2D eigenvalue weighted by molar-refractivity contribution is -0.167. The highest BCUT2D eigenvalue weighted by molar-refractivity contribution is 5.71. The molecule has 1 unspecified atom stereocenters. The van der Waals surface area contributed by atoms with Crippen molar-refractivity contribution in [1.82, 2.24) is 0 Å². The molecule has 81 heavy (non-hydrogen) atoms. The number of rotatable bonds is 59. The first-order valence-electron chi connectivity index (χ1n) is 33.3. The minimum Gasteiger partial charge on any atom is -0.462 e. The van der Waals surface area contributed by atoms with Crippen LogP contribution >= 0.6 is 0 Å². The van der Waals surface area contributed by atoms with Crippen LogP contribution < -0.4 is 0 Å². The van der Waals surface area contributed by atoms with Gasteiger partial charge in [0.1, 0.15) is 13.2 Å². The Balaban J connectivity index is 4.36. The maximum absolute atomic E-state index is 12.9. The summed E-state index contributed by atoms with van der Waals surface area (Å²) in [7, 11) is 0. The lowest BCUT2D eigenvalue weighted by Gasteiger charge is -2.18. The minimum absolute atomic E-state index is 0.0978. The first-order chi connectivity index (χ1) is 40.0. The normalized spacial score (nSPS) is 13.1. The smallest absolute Gasteiger partial charge is 0.306 e. The molecule has 0 aliphatic rings. The van der Waals surface area contributed by atoms with E-state index in [-0.39, 0.29) is 31.1 Å². The predicted molar refractivity (Wildman–Crippen MR) is 352 cm³/mol. The molecule has 0 rings (SSSR count). The predicted octanol–water partition coefficient (Wildman–Crippen LogP) is 23.1. The van der Waals surface area contributed by atoms with Crippen LogP contribution in [0.3, 0.4) is 0 Å². The van der Waals surface area contributed by atoms with E-state index in [1.54, 1.807) is 0 Å². The summed E-state index contributed by atoms with van der Waals surface area (Å²) in [6.07, 6.45) is 97.1. The first-order valence-corrected chi connectivity index (χ1v) is 33.3. The highest BCUT2D eigenvalue weighted by Gasteiger charge is 2.19. The van der Waals surface area contributed by atoms with Crippen LogP contribution in [0.5, 0.6) is 0 Å². The van der Waals surface area contributed by atoms with Crippen LogP contribution in [0.2, 0.25) is 0 Å². The van der Waals surface area contributed by atoms with Crippen molar-refractivity contribution in [2.24, 2.45) is 0 Å². The van der Waals surface area contributed by atoms with Gasteiger partial charge >= 0.3 is 17.9 Å². The van der Waals surface area contributed by atoms with Crippen molar-refractivity contribution < 1.29 is 28.6 Å². The lowest BCUT2D eigenvalue weighted by atomic mass is 10.1. The van der Waals surface area contributed by atoms with Crippen LogP contribution in [0.4, 0.5) is 0 Å². The summed E-state index contributed by atoms with van der Waals surface area (Å²) in [5, 5.41) is 0. The van der Waals surface area contributed by atoms with E-state index in [2.05, 4.69) is 167 Å². The van der Waals surface area contributed by atoms with E-state index in [1.165, 1.54) is 77.0 Å². The summed E-state index contributed by atoms with van der Waals surface area (Å²) in [5.41, 5.74) is 0. The molecule has 0 fully saturated rings. The van der Waals surface area contributed by atoms with Gasteiger partial charge in [-0.15, -0.1) is 0 Å². The monoisotopic (exact) mass is 1120 g/mol. The summed E-state index contributed by atoms with van der Waals surface area (Å²) < 4.78 is 16.9. The molecule has 0 aromatic heterocycles. The van der Waals surface area contributed by atoms with E-state index < -0.39 is 6.10 Å². The average molecular weight is 1120 g/mol. The van der Waals surface area contributed by atoms with Crippen molar-refractivity contribution in [3.63, 3.8) is 0 Å². The maximum atomic E-state index is 12.9. The summed E-state index contributed by atoms with van der Waals surface area (Å²) in [6.45, 7) is 6.47. The van der Waals surface area contributed by atoms with Crippen LogP contribution in [-0.4, -0.2) is 37.2 Å². The van der Waals surface area contributed by atoms with Crippen molar-refractivity contribution in [3.8, 4) is 0 Å². The van der Waals surface area contributed by atoms with Gasteiger partial charge in [0.2, 0.25) is 0 Å². The second-order valence-corrected chi connectivity index (χ2v) is 21.6. The zero-order valence-electron chi connectivity index (χ0n) is 52.5. The van der Waals surface area contributed by atoms with Gasteiger partial charge < -0.3 is 14.2 Å². The number of ether oxygens (including phenoxy) is 3. The zero-order chi connectivity index (χ0) is 58.5. The quantitative estimate of drug-likeness (QED) is 0.0261. The molecule has 0 aliphatic carbocycles. The van der Waals surface area contributed by atoms with Crippen molar-refractivity contribution in [2.45, 2.75) is 297 Å². The fourth-order valence-corrected chi connectivity index (χ4v) is 8.81. The average Bonchev–Trinajstić information content (AvgIpc) is 3.47. The van der Waals surface area contributed by atoms with E-state index in [4.69, 9.17) is 14.2 Å². The molecule has 6 nitrogen and oxygen atoms in total. The number of esters is 3. The maximum Gasteiger partial charge on any atom is 0.306 e. The van der Waals surface area contributed by atoms with Crippen LogP contribution in [0, 0.1) is 0 Å². The van der Waals surface area contributed by atoms with E-state index in [1.807, 2.05) is 0 Å². The standard InChI is InChI=1S/C75H122O6/c1-4-7-10-13-16-19-22-25-28-30-31-32-33-34-35-36-37-38-39-40-41-42-43-44-45-46-48-50-53-56-59-62-65-68-74(77)80-71-72(70-79-73(76)67-64-61-58-55-52-49-27-24-21-18-15-12-9-6-3)81-75(78)69-66-63-60-57-54-51-47-29-26-23-20-17-14-11-8-5-2/h7,10,16,19-20,23-25,27-29,31-32,34-35,37-38,40-41,43-44,46-48,72H,4-6,8-9,11-15,17-18,21-22,26,30,33,36,39,42,45,49-71H2,1-3H3/b10-7-,19-16-,23-20-,27-24-,28-25-,32-31-,35-34-,38-37-,41-40-,44-43-,47-29-,48-46-. The summed E-state index contributed by atoms with van der Waals surface area (Å²) >= 11 is 0. The third kappa shape index (κ3) is 66.0. The topological polar surface area (TPSA) is 78.9 Å². The summed E-state index contributed by atoms with van der Waals surface area (Å²) in [5.74, 6) is -0.938. The largest absolute Gasteiger partial charge is 0.462 e. The van der Waals surface area contributed by atoms with E-state index in [0.29, 0.717) is 19.3 Å². The second kappa shape index (κ2) is 67.8. The second-order valence-electron chi connectivity index (χ2n) is 21.6. The van der Waals surface area contributed by atoms with Gasteiger partial charge in [-0.3, -0.25) is 14.4 Å². The molecule has 0 saturated heterocycles. The summed E-state index contributed by atoms with van der Waals surface area (Å²) in [4.78, 5) is 38.3. The van der Waals surface area contributed by atoms with E-state index in [0.717, 1.165) is 173 Å². The van der Waals surface area contributed by atoms with E-state index in [9.17, 15) is 14.4 Å². The summed E-state index contributed by atoms with van der Waals surface area (Å²) in [6, 6.07) is 0. The minimum atomic E-state index is -0.803. The Morgan fingerprint density at radius 2 is 0.481 bits per heavy atom. The van der Waals surface area contributed by atoms with Gasteiger partial charge in [-0.1, -0.05) is 269 Å². The fourth-order valence-electron chi connectivity index (χ4n) is 8.81. The van der Waals surface area contributed by atoms with Crippen molar-refractivity contribution >= 4 is 17.9 Å². The fraction of sp³-hybridized carbons (Fsp3) is 0.640. The number of carbonyl (C=O) groups is 3. The highest BCUT2D eigenvalue weighted by Crippen LogP contribution is 2.14. The van der Waals surface area contributed by atoms with Crippen LogP contribution in [0.1, 0.15) is 290 Å². The lowest BCUT2D eigenvalue weighted by Crippen LogP contribution is -2.30. The van der Waals surface area contributed by atoms with Crippen molar-refractivity contribution in [3.05, 3.63) is 146 Å². The van der Waals surface area contributed by atoms with Crippen LogP contribution in [-0.2, 0) is 28.6 Å². The van der Waals surface area contributed by atoms with Gasteiger partial charge in [0.25, 0.3) is 0 Å². The van der Waals surface area contributed by atoms with Gasteiger partial charge in [0.05, 0.1) is 0 Å². The van der Waals surface area contributed by atoms with Gasteiger partial charge in [0.15, 0.2) is 6.10 Å². The van der Waals surface area contributed by atoms with E-state index >= 15 is 0 Å². The SMILES string of the molecule is CC/C=C\C/C=C\C/C=C\C/C=C\C/C=C\C/C=C\C/C=C\C/C=C\C/C=C\CCCCCCCC(=O)OCC(COC(=O)CCCCCCC/C=C\CCCCCCC)OC(=O)CCCCCCC/C=C\C/C=C\CCCCCC. The number of unbranched alkanes of at least 4 members (excludes halogenated alkanes) is 24. The Morgan fingerprint density at radius 1 is 0.259 bits per heavy atom.